The number of nitro groups is 1. The summed E-state index contributed by atoms with van der Waals surface area (Å²) >= 11 is 6.99. The van der Waals surface area contributed by atoms with E-state index in [1.165, 1.54) is 0 Å². The molecule has 0 aliphatic rings. The normalized spacial score (nSPS) is 11.5. The molecule has 0 unspecified atom stereocenters. The Morgan fingerprint density at radius 3 is 2.33 bits per heavy atom. The van der Waals surface area contributed by atoms with Crippen LogP contribution in [-0.2, 0) is 6.18 Å². The van der Waals surface area contributed by atoms with Crippen LogP contribution in [0, 0.1) is 13.7 Å². The largest absolute Gasteiger partial charge is 0.424 e. The van der Waals surface area contributed by atoms with E-state index in [0.29, 0.717) is 0 Å². The molecule has 0 radical (unpaired) electrons. The monoisotopic (exact) mass is 351 g/mol. The molecule has 1 rings (SSSR count). The highest BCUT2D eigenvalue weighted by Gasteiger charge is 2.41. The SMILES string of the molecule is O=[N+]([O-])c1cc(I)cc(Cl)c1C(F)(F)F. The summed E-state index contributed by atoms with van der Waals surface area (Å²) in [4.78, 5) is 9.32. The van der Waals surface area contributed by atoms with Crippen LogP contribution in [0.15, 0.2) is 12.1 Å². The first-order chi connectivity index (χ1) is 6.73. The minimum atomic E-state index is -4.83. The van der Waals surface area contributed by atoms with Crippen molar-refractivity contribution in [1.29, 1.82) is 0 Å². The zero-order valence-electron chi connectivity index (χ0n) is 6.81. The van der Waals surface area contributed by atoms with E-state index in [1.54, 1.807) is 22.6 Å². The maximum absolute atomic E-state index is 12.4. The number of benzene rings is 1. The smallest absolute Gasteiger partial charge is 0.258 e. The van der Waals surface area contributed by atoms with Crippen LogP contribution in [0.5, 0.6) is 0 Å². The van der Waals surface area contributed by atoms with E-state index in [1.807, 2.05) is 0 Å². The average Bonchev–Trinajstić information content (AvgIpc) is 1.99. The van der Waals surface area contributed by atoms with Crippen LogP contribution in [0.3, 0.4) is 0 Å². The number of hydrogen-bond donors (Lipinski definition) is 0. The Morgan fingerprint density at radius 1 is 1.40 bits per heavy atom. The molecular weight excluding hydrogens is 349 g/mol. The summed E-state index contributed by atoms with van der Waals surface area (Å²) in [5.74, 6) is 0. The van der Waals surface area contributed by atoms with Gasteiger partial charge < -0.3 is 0 Å². The molecule has 0 atom stereocenters. The van der Waals surface area contributed by atoms with Gasteiger partial charge in [-0.15, -0.1) is 0 Å². The van der Waals surface area contributed by atoms with Crippen LogP contribution in [0.1, 0.15) is 5.56 Å². The molecule has 0 aliphatic heterocycles. The van der Waals surface area contributed by atoms with Crippen molar-refractivity contribution in [2.45, 2.75) is 6.18 Å². The standard InChI is InChI=1S/C7H2ClF3INO2/c8-4-1-3(12)2-5(13(14)15)6(4)7(9,10)11/h1-2H. The fourth-order valence-corrected chi connectivity index (χ4v) is 2.10. The second-order valence-corrected chi connectivity index (χ2v) is 4.19. The lowest BCUT2D eigenvalue weighted by Crippen LogP contribution is -2.10. The molecule has 8 heteroatoms. The third kappa shape index (κ3) is 2.71. The summed E-state index contributed by atoms with van der Waals surface area (Å²) in [6.45, 7) is 0. The van der Waals surface area contributed by atoms with E-state index >= 15 is 0 Å². The maximum atomic E-state index is 12.4. The van der Waals surface area contributed by atoms with Crippen molar-refractivity contribution >= 4 is 39.9 Å². The number of nitro benzene ring substituents is 1. The van der Waals surface area contributed by atoms with Crippen LogP contribution in [0.25, 0.3) is 0 Å². The lowest BCUT2D eigenvalue weighted by atomic mass is 10.2. The molecule has 0 aliphatic carbocycles. The summed E-state index contributed by atoms with van der Waals surface area (Å²) in [5.41, 5.74) is -2.44. The van der Waals surface area contributed by atoms with Crippen LogP contribution in [-0.4, -0.2) is 4.92 Å². The van der Waals surface area contributed by atoms with Gasteiger partial charge in [-0.3, -0.25) is 10.1 Å². The van der Waals surface area contributed by atoms with Gasteiger partial charge in [0.2, 0.25) is 0 Å². The van der Waals surface area contributed by atoms with E-state index in [2.05, 4.69) is 0 Å². The first kappa shape index (κ1) is 12.5. The quantitative estimate of drug-likeness (QED) is 0.438. The van der Waals surface area contributed by atoms with Crippen molar-refractivity contribution < 1.29 is 18.1 Å². The molecule has 0 heterocycles. The van der Waals surface area contributed by atoms with Crippen molar-refractivity contribution in [2.75, 3.05) is 0 Å². The Labute approximate surface area is 101 Å². The second-order valence-electron chi connectivity index (χ2n) is 2.54. The first-order valence-corrected chi connectivity index (χ1v) is 4.90. The Hall–Kier alpha value is -0.570. The Balaban J connectivity index is 3.55. The van der Waals surface area contributed by atoms with E-state index < -0.39 is 27.4 Å². The molecule has 0 saturated carbocycles. The maximum Gasteiger partial charge on any atom is 0.424 e. The van der Waals surface area contributed by atoms with E-state index in [-0.39, 0.29) is 3.57 Å². The minimum absolute atomic E-state index is 0.275. The molecule has 3 nitrogen and oxygen atoms in total. The molecule has 82 valence electrons. The van der Waals surface area contributed by atoms with Crippen molar-refractivity contribution in [3.63, 3.8) is 0 Å². The number of rotatable bonds is 1. The van der Waals surface area contributed by atoms with Crippen LogP contribution in [0.4, 0.5) is 18.9 Å². The highest BCUT2D eigenvalue weighted by molar-refractivity contribution is 14.1. The Kier molecular flexibility index (Phi) is 3.44. The van der Waals surface area contributed by atoms with Gasteiger partial charge in [0.05, 0.1) is 9.95 Å². The minimum Gasteiger partial charge on any atom is -0.258 e. The van der Waals surface area contributed by atoms with Gasteiger partial charge in [-0.2, -0.15) is 13.2 Å². The van der Waals surface area contributed by atoms with Crippen molar-refractivity contribution in [2.24, 2.45) is 0 Å². The lowest BCUT2D eigenvalue weighted by molar-refractivity contribution is -0.388. The molecule has 0 aromatic heterocycles. The van der Waals surface area contributed by atoms with Crippen molar-refractivity contribution in [1.82, 2.24) is 0 Å². The molecule has 0 saturated heterocycles. The molecular formula is C7H2ClF3INO2. The fourth-order valence-electron chi connectivity index (χ4n) is 0.985. The average molecular weight is 351 g/mol. The summed E-state index contributed by atoms with van der Waals surface area (Å²) in [6, 6.07) is 1.85. The van der Waals surface area contributed by atoms with Crippen LogP contribution >= 0.6 is 34.2 Å². The summed E-state index contributed by atoms with van der Waals surface area (Å²) in [7, 11) is 0. The summed E-state index contributed by atoms with van der Waals surface area (Å²) in [5, 5.41) is 9.75. The van der Waals surface area contributed by atoms with Gasteiger partial charge in [-0.1, -0.05) is 11.6 Å². The zero-order chi connectivity index (χ0) is 11.8. The van der Waals surface area contributed by atoms with Gasteiger partial charge in [0.15, 0.2) is 5.56 Å². The molecule has 0 amide bonds. The third-order valence-corrected chi connectivity index (χ3v) is 2.44. The topological polar surface area (TPSA) is 43.1 Å². The highest BCUT2D eigenvalue weighted by Crippen LogP contribution is 2.41. The molecule has 1 aromatic rings. The van der Waals surface area contributed by atoms with Crippen LogP contribution in [0.2, 0.25) is 5.02 Å². The van der Waals surface area contributed by atoms with Gasteiger partial charge in [0.1, 0.15) is 0 Å². The van der Waals surface area contributed by atoms with E-state index in [4.69, 9.17) is 11.6 Å². The number of hydrogen-bond acceptors (Lipinski definition) is 2. The van der Waals surface area contributed by atoms with Crippen molar-refractivity contribution in [3.8, 4) is 0 Å². The fraction of sp³-hybridized carbons (Fsp3) is 0.143. The summed E-state index contributed by atoms with van der Waals surface area (Å²) in [6.07, 6.45) is -4.83. The molecule has 0 N–H and O–H groups in total. The predicted molar refractivity (Wildman–Crippen MR) is 55.8 cm³/mol. The van der Waals surface area contributed by atoms with Crippen LogP contribution < -0.4 is 0 Å². The third-order valence-electron chi connectivity index (χ3n) is 1.51. The van der Waals surface area contributed by atoms with Gasteiger partial charge in [-0.05, 0) is 28.7 Å². The van der Waals surface area contributed by atoms with E-state index in [0.717, 1.165) is 12.1 Å². The Morgan fingerprint density at radius 2 is 1.93 bits per heavy atom. The number of alkyl halides is 3. The zero-order valence-corrected chi connectivity index (χ0v) is 9.72. The van der Waals surface area contributed by atoms with E-state index in [9.17, 15) is 23.3 Å². The van der Waals surface area contributed by atoms with Gasteiger partial charge >= 0.3 is 6.18 Å². The summed E-state index contributed by atoms with van der Waals surface area (Å²) < 4.78 is 37.5. The number of nitrogens with zero attached hydrogens (tertiary/aromatic N) is 1. The molecule has 1 aromatic carbocycles. The number of halogens is 5. The predicted octanol–water partition coefficient (Wildman–Crippen LogP) is 3.87. The molecule has 0 bridgehead atoms. The Bertz CT molecular complexity index is 421. The second kappa shape index (κ2) is 4.12. The van der Waals surface area contributed by atoms with Gasteiger partial charge in [0.25, 0.3) is 5.69 Å². The first-order valence-electron chi connectivity index (χ1n) is 3.44. The molecule has 0 fully saturated rings. The highest BCUT2D eigenvalue weighted by atomic mass is 127. The molecule has 15 heavy (non-hydrogen) atoms. The molecule has 0 spiro atoms. The van der Waals surface area contributed by atoms with Gasteiger partial charge in [0, 0.05) is 9.64 Å². The van der Waals surface area contributed by atoms with Gasteiger partial charge in [-0.25, -0.2) is 0 Å². The lowest BCUT2D eigenvalue weighted by Gasteiger charge is -2.09. The van der Waals surface area contributed by atoms with Crippen molar-refractivity contribution in [3.05, 3.63) is 36.4 Å².